The van der Waals surface area contributed by atoms with Gasteiger partial charge in [-0.2, -0.15) is 0 Å². The van der Waals surface area contributed by atoms with E-state index in [9.17, 15) is 0 Å². The Hall–Kier alpha value is -0.470. The zero-order valence-electron chi connectivity index (χ0n) is 10.00. The van der Waals surface area contributed by atoms with Gasteiger partial charge in [-0.15, -0.1) is 12.6 Å². The third-order valence-corrected chi connectivity index (χ3v) is 4.82. The Morgan fingerprint density at radius 2 is 2.12 bits per heavy atom. The molecule has 17 heavy (non-hydrogen) atoms. The molecule has 0 spiro atoms. The van der Waals surface area contributed by atoms with Crippen LogP contribution in [0.25, 0.3) is 5.57 Å². The predicted molar refractivity (Wildman–Crippen MR) is 80.1 cm³/mol. The molecule has 0 saturated heterocycles. The molecule has 1 aromatic carbocycles. The van der Waals surface area contributed by atoms with E-state index in [0.29, 0.717) is 4.83 Å². The van der Waals surface area contributed by atoms with Gasteiger partial charge >= 0.3 is 0 Å². The second kappa shape index (κ2) is 3.76. The Bertz CT molecular complexity index is 552. The van der Waals surface area contributed by atoms with Crippen LogP contribution in [0.4, 0.5) is 0 Å². The van der Waals surface area contributed by atoms with Crippen LogP contribution in [-0.4, -0.2) is 4.83 Å². The van der Waals surface area contributed by atoms with E-state index in [1.54, 1.807) is 5.57 Å². The second-order valence-corrected chi connectivity index (χ2v) is 7.02. The standard InChI is InChI=1S/C15H15BrS/c1-15(2)13-7-9(16)3-5-11(13)12-6-4-10(17)8-14(12)15/h3-6,8-9,17H,7H2,1-2H3. The smallest absolute Gasteiger partial charge is 0.0366 e. The van der Waals surface area contributed by atoms with Crippen LogP contribution in [0, 0.1) is 0 Å². The van der Waals surface area contributed by atoms with Crippen molar-refractivity contribution >= 4 is 34.1 Å². The minimum Gasteiger partial charge on any atom is -0.143 e. The van der Waals surface area contributed by atoms with Crippen LogP contribution in [0.3, 0.4) is 0 Å². The summed E-state index contributed by atoms with van der Waals surface area (Å²) in [5, 5.41) is 0. The molecule has 0 saturated carbocycles. The van der Waals surface area contributed by atoms with Gasteiger partial charge in [0.25, 0.3) is 0 Å². The number of halogens is 1. The molecule has 0 nitrogen and oxygen atoms in total. The lowest BCUT2D eigenvalue weighted by Crippen LogP contribution is -2.20. The van der Waals surface area contributed by atoms with Gasteiger partial charge < -0.3 is 0 Å². The van der Waals surface area contributed by atoms with Crippen molar-refractivity contribution in [3.8, 4) is 0 Å². The number of thiol groups is 1. The molecule has 2 aliphatic carbocycles. The summed E-state index contributed by atoms with van der Waals surface area (Å²) in [4.78, 5) is 1.53. The van der Waals surface area contributed by atoms with Crippen molar-refractivity contribution in [2.45, 2.75) is 35.4 Å². The van der Waals surface area contributed by atoms with Gasteiger partial charge in [0.2, 0.25) is 0 Å². The van der Waals surface area contributed by atoms with Gasteiger partial charge in [-0.1, -0.05) is 53.6 Å². The van der Waals surface area contributed by atoms with E-state index in [1.165, 1.54) is 16.7 Å². The minimum absolute atomic E-state index is 0.139. The van der Waals surface area contributed by atoms with Crippen LogP contribution in [0.1, 0.15) is 31.4 Å². The second-order valence-electron chi connectivity index (χ2n) is 5.33. The van der Waals surface area contributed by atoms with Crippen molar-refractivity contribution in [1.29, 1.82) is 0 Å². The molecule has 88 valence electrons. The lowest BCUT2D eigenvalue weighted by atomic mass is 9.78. The summed E-state index contributed by atoms with van der Waals surface area (Å²) >= 11 is 8.17. The van der Waals surface area contributed by atoms with Gasteiger partial charge in [0.05, 0.1) is 0 Å². The van der Waals surface area contributed by atoms with Crippen LogP contribution in [0.5, 0.6) is 0 Å². The number of hydrogen-bond acceptors (Lipinski definition) is 1. The molecule has 0 aliphatic heterocycles. The molecule has 0 fully saturated rings. The van der Waals surface area contributed by atoms with Gasteiger partial charge in [-0.05, 0) is 35.3 Å². The molecule has 0 bridgehead atoms. The summed E-state index contributed by atoms with van der Waals surface area (Å²) in [6.45, 7) is 4.64. The van der Waals surface area contributed by atoms with Gasteiger partial charge in [-0.25, -0.2) is 0 Å². The molecule has 3 rings (SSSR count). The van der Waals surface area contributed by atoms with Crippen LogP contribution >= 0.6 is 28.6 Å². The first-order valence-corrected chi connectivity index (χ1v) is 7.26. The third-order valence-electron chi connectivity index (χ3n) is 3.92. The van der Waals surface area contributed by atoms with Crippen molar-refractivity contribution in [3.05, 3.63) is 47.1 Å². The molecule has 0 aromatic heterocycles. The number of fused-ring (bicyclic) bond motifs is 2. The maximum atomic E-state index is 4.47. The van der Waals surface area contributed by atoms with Crippen molar-refractivity contribution in [2.75, 3.05) is 0 Å². The molecule has 2 aliphatic rings. The van der Waals surface area contributed by atoms with Gasteiger partial charge in [-0.3, -0.25) is 0 Å². The zero-order chi connectivity index (χ0) is 12.2. The third kappa shape index (κ3) is 1.65. The lowest BCUT2D eigenvalue weighted by Gasteiger charge is -2.27. The Morgan fingerprint density at radius 3 is 2.88 bits per heavy atom. The average molecular weight is 307 g/mol. The molecule has 0 N–H and O–H groups in total. The molecule has 0 radical (unpaired) electrons. The van der Waals surface area contributed by atoms with Gasteiger partial charge in [0.1, 0.15) is 0 Å². The molecular formula is C15H15BrS. The molecule has 0 amide bonds. The minimum atomic E-state index is 0.139. The van der Waals surface area contributed by atoms with Crippen LogP contribution in [0.15, 0.2) is 40.8 Å². The Morgan fingerprint density at radius 1 is 1.35 bits per heavy atom. The fourth-order valence-corrected chi connectivity index (χ4v) is 3.65. The molecule has 0 heterocycles. The normalized spacial score (nSPS) is 24.8. The van der Waals surface area contributed by atoms with E-state index >= 15 is 0 Å². The molecular weight excluding hydrogens is 292 g/mol. The van der Waals surface area contributed by atoms with Crippen LogP contribution in [-0.2, 0) is 5.41 Å². The van der Waals surface area contributed by atoms with E-state index in [4.69, 9.17) is 0 Å². The molecule has 2 heteroatoms. The Kier molecular flexibility index (Phi) is 2.57. The highest BCUT2D eigenvalue weighted by molar-refractivity contribution is 9.09. The predicted octanol–water partition coefficient (Wildman–Crippen LogP) is 4.74. The summed E-state index contributed by atoms with van der Waals surface area (Å²) in [6, 6.07) is 6.51. The number of allylic oxidation sites excluding steroid dienone is 4. The Balaban J connectivity index is 2.23. The molecule has 1 unspecified atom stereocenters. The van der Waals surface area contributed by atoms with Crippen LogP contribution < -0.4 is 0 Å². The highest BCUT2D eigenvalue weighted by atomic mass is 79.9. The summed E-state index contributed by atoms with van der Waals surface area (Å²) in [7, 11) is 0. The maximum Gasteiger partial charge on any atom is 0.0366 e. The van der Waals surface area contributed by atoms with E-state index in [0.717, 1.165) is 11.3 Å². The summed E-state index contributed by atoms with van der Waals surface area (Å²) in [6.07, 6.45) is 5.62. The first kappa shape index (κ1) is 11.6. The number of benzene rings is 1. The summed E-state index contributed by atoms with van der Waals surface area (Å²) in [5.41, 5.74) is 5.92. The average Bonchev–Trinajstić information content (AvgIpc) is 2.49. The zero-order valence-corrected chi connectivity index (χ0v) is 12.5. The molecule has 1 atom stereocenters. The number of alkyl halides is 1. The fraction of sp³-hybridized carbons (Fsp3) is 0.333. The molecule has 1 aromatic rings. The first-order chi connectivity index (χ1) is 8.00. The largest absolute Gasteiger partial charge is 0.143 e. The lowest BCUT2D eigenvalue weighted by molar-refractivity contribution is 0.609. The van der Waals surface area contributed by atoms with Gasteiger partial charge in [0, 0.05) is 15.1 Å². The summed E-state index contributed by atoms with van der Waals surface area (Å²) < 4.78 is 0. The van der Waals surface area contributed by atoms with Crippen LogP contribution in [0.2, 0.25) is 0 Å². The Labute approximate surface area is 116 Å². The van der Waals surface area contributed by atoms with Crippen molar-refractivity contribution in [2.24, 2.45) is 0 Å². The van der Waals surface area contributed by atoms with E-state index in [-0.39, 0.29) is 5.41 Å². The highest BCUT2D eigenvalue weighted by Gasteiger charge is 2.38. The van der Waals surface area contributed by atoms with E-state index in [1.807, 2.05) is 0 Å². The topological polar surface area (TPSA) is 0 Å². The number of rotatable bonds is 0. The van der Waals surface area contributed by atoms with Crippen molar-refractivity contribution in [1.82, 2.24) is 0 Å². The van der Waals surface area contributed by atoms with Crippen molar-refractivity contribution < 1.29 is 0 Å². The number of hydrogen-bond donors (Lipinski definition) is 1. The summed E-state index contributed by atoms with van der Waals surface area (Å²) in [5.74, 6) is 0. The quantitative estimate of drug-likeness (QED) is 0.519. The van der Waals surface area contributed by atoms with Gasteiger partial charge in [0.15, 0.2) is 0 Å². The fourth-order valence-electron chi connectivity index (χ4n) is 2.97. The van der Waals surface area contributed by atoms with Crippen molar-refractivity contribution in [3.63, 3.8) is 0 Å². The van der Waals surface area contributed by atoms with E-state index in [2.05, 4.69) is 72.8 Å². The highest BCUT2D eigenvalue weighted by Crippen LogP contribution is 2.51. The SMILES string of the molecule is CC1(C)C2=C(C=CC(Br)C2)c2ccc(S)cc21. The first-order valence-electron chi connectivity index (χ1n) is 5.90. The van der Waals surface area contributed by atoms with E-state index < -0.39 is 0 Å². The monoisotopic (exact) mass is 306 g/mol. The maximum absolute atomic E-state index is 4.47.